The first-order valence-electron chi connectivity index (χ1n) is 15.2. The zero-order valence-corrected chi connectivity index (χ0v) is 24.7. The van der Waals surface area contributed by atoms with Gasteiger partial charge in [-0.05, 0) is 76.3 Å². The molecular weight excluding hydrogens is 590 g/mol. The van der Waals surface area contributed by atoms with Gasteiger partial charge in [-0.25, -0.2) is 17.6 Å². The molecule has 46 heavy (non-hydrogen) atoms. The zero-order valence-electron chi connectivity index (χ0n) is 24.7. The molecule has 0 saturated carbocycles. The van der Waals surface area contributed by atoms with Gasteiger partial charge in [-0.1, -0.05) is 84.0 Å². The van der Waals surface area contributed by atoms with E-state index in [4.69, 9.17) is 9.99 Å². The monoisotopic (exact) mass is 621 g/mol. The van der Waals surface area contributed by atoms with Crippen molar-refractivity contribution in [2.75, 3.05) is 0 Å². The number of hydrogen-bond acceptors (Lipinski definition) is 4. The number of rotatable bonds is 7. The molecule has 2 saturated heterocycles. The summed E-state index contributed by atoms with van der Waals surface area (Å²) in [5.41, 5.74) is 4.12. The van der Waals surface area contributed by atoms with Gasteiger partial charge in [-0.3, -0.25) is 0 Å². The van der Waals surface area contributed by atoms with Crippen molar-refractivity contribution < 1.29 is 22.4 Å². The van der Waals surface area contributed by atoms with E-state index in [1.54, 1.807) is 24.3 Å². The van der Waals surface area contributed by atoms with E-state index >= 15 is 0 Å². The average Bonchev–Trinajstić information content (AvgIpc) is 3.05. The second-order valence-electron chi connectivity index (χ2n) is 11.8. The van der Waals surface area contributed by atoms with Crippen molar-refractivity contribution >= 4 is 5.71 Å². The summed E-state index contributed by atoms with van der Waals surface area (Å²) in [4.78, 5) is 6.06. The minimum atomic E-state index is -0.548. The van der Waals surface area contributed by atoms with Gasteiger partial charge in [0.05, 0.1) is 5.71 Å². The van der Waals surface area contributed by atoms with E-state index in [1.165, 1.54) is 48.5 Å². The van der Waals surface area contributed by atoms with Gasteiger partial charge < -0.3 is 15.5 Å². The summed E-state index contributed by atoms with van der Waals surface area (Å²) in [6.07, 6.45) is 0. The van der Waals surface area contributed by atoms with Gasteiger partial charge in [0.25, 0.3) is 0 Å². The highest BCUT2D eigenvalue weighted by atomic mass is 19.1. The molecule has 0 aromatic heterocycles. The third-order valence-electron chi connectivity index (χ3n) is 8.91. The van der Waals surface area contributed by atoms with Crippen LogP contribution >= 0.6 is 0 Å². The summed E-state index contributed by atoms with van der Waals surface area (Å²) >= 11 is 0. The van der Waals surface area contributed by atoms with Crippen molar-refractivity contribution in [3.05, 3.63) is 178 Å². The Morgan fingerprint density at radius 1 is 0.478 bits per heavy atom. The van der Waals surface area contributed by atoms with Crippen molar-refractivity contribution in [2.24, 2.45) is 17.0 Å². The molecule has 0 amide bonds. The van der Waals surface area contributed by atoms with Crippen molar-refractivity contribution in [3.63, 3.8) is 0 Å². The Labute approximate surface area is 264 Å². The van der Waals surface area contributed by atoms with Crippen LogP contribution in [0.25, 0.3) is 0 Å². The van der Waals surface area contributed by atoms with Crippen LogP contribution in [0, 0.1) is 35.1 Å². The van der Waals surface area contributed by atoms with Crippen LogP contribution in [-0.4, -0.2) is 5.71 Å². The molecule has 7 rings (SSSR count). The van der Waals surface area contributed by atoms with Gasteiger partial charge in [0.2, 0.25) is 0 Å². The molecule has 8 heteroatoms. The lowest BCUT2D eigenvalue weighted by molar-refractivity contribution is 0.105. The van der Waals surface area contributed by atoms with Gasteiger partial charge in [0.15, 0.2) is 0 Å². The molecule has 2 heterocycles. The lowest BCUT2D eigenvalue weighted by Crippen LogP contribution is -2.60. The largest absolute Gasteiger partial charge is 0.391 e. The minimum Gasteiger partial charge on any atom is -0.391 e. The summed E-state index contributed by atoms with van der Waals surface area (Å²) in [6, 6.07) is 32.6. The zero-order chi connectivity index (χ0) is 31.6. The number of piperidine rings is 2. The first kappa shape index (κ1) is 29.9. The molecule has 0 radical (unpaired) electrons. The predicted molar refractivity (Wildman–Crippen MR) is 168 cm³/mol. The Hall–Kier alpha value is -4.79. The normalized spacial score (nSPS) is 24.0. The maximum absolute atomic E-state index is 14.8. The molecule has 2 N–H and O–H groups in total. The van der Waals surface area contributed by atoms with Crippen molar-refractivity contribution in [3.8, 4) is 0 Å². The van der Waals surface area contributed by atoms with Crippen LogP contribution < -0.4 is 10.6 Å². The smallest absolute Gasteiger partial charge is 0.142 e. The molecule has 4 atom stereocenters. The average molecular weight is 622 g/mol. The van der Waals surface area contributed by atoms with Crippen molar-refractivity contribution in [1.82, 2.24) is 10.6 Å². The highest BCUT2D eigenvalue weighted by molar-refractivity contribution is 5.93. The first-order chi connectivity index (χ1) is 22.4. The van der Waals surface area contributed by atoms with E-state index in [0.29, 0.717) is 28.0 Å². The summed E-state index contributed by atoms with van der Waals surface area (Å²) < 4.78 is 59.1. The van der Waals surface area contributed by atoms with Crippen LogP contribution in [0.5, 0.6) is 0 Å². The van der Waals surface area contributed by atoms with E-state index in [9.17, 15) is 17.6 Å². The summed E-state index contributed by atoms with van der Waals surface area (Å²) in [7, 11) is 0. The topological polar surface area (TPSA) is 45.7 Å². The Morgan fingerprint density at radius 2 is 0.848 bits per heavy atom. The number of nitrogens with zero attached hydrogens (tertiary/aromatic N) is 1. The standard InChI is InChI=1S/C38H31F4N3O/c39-28-14-4-10-24(18-28)34-32-35(25-11-5-15-29(40)19-25)44-37(27-13-7-17-31(42)21-27)33(36(43-34)26-12-6-16-30(41)20-26)38(32)45-46-22-23-8-2-1-3-9-23/h1-21,32-37,43-44H,22H2. The maximum Gasteiger partial charge on any atom is 0.142 e. The Bertz CT molecular complexity index is 1650. The third-order valence-corrected chi connectivity index (χ3v) is 8.91. The maximum atomic E-state index is 14.8. The highest BCUT2D eigenvalue weighted by Gasteiger charge is 2.54. The molecule has 232 valence electrons. The van der Waals surface area contributed by atoms with Crippen LogP contribution in [0.4, 0.5) is 17.6 Å². The minimum absolute atomic E-state index is 0.190. The van der Waals surface area contributed by atoms with Crippen LogP contribution in [0.2, 0.25) is 0 Å². The first-order valence-corrected chi connectivity index (χ1v) is 15.2. The van der Waals surface area contributed by atoms with E-state index < -0.39 is 59.3 Å². The van der Waals surface area contributed by atoms with Gasteiger partial charge >= 0.3 is 0 Å². The number of oxime groups is 1. The molecule has 2 aliphatic heterocycles. The van der Waals surface area contributed by atoms with Gasteiger partial charge in [-0.15, -0.1) is 0 Å². The van der Waals surface area contributed by atoms with E-state index in [1.807, 2.05) is 54.6 Å². The second-order valence-corrected chi connectivity index (χ2v) is 11.8. The molecule has 2 bridgehead atoms. The quantitative estimate of drug-likeness (QED) is 0.142. The molecule has 2 aliphatic rings. The number of fused-ring (bicyclic) bond motifs is 2. The summed E-state index contributed by atoms with van der Waals surface area (Å²) in [6.45, 7) is 0.190. The molecule has 5 aromatic carbocycles. The Kier molecular flexibility index (Phi) is 8.39. The molecular formula is C38H31F4N3O. The number of nitrogens with one attached hydrogen (secondary N) is 2. The van der Waals surface area contributed by atoms with E-state index in [2.05, 4.69) is 10.6 Å². The fourth-order valence-electron chi connectivity index (χ4n) is 6.98. The Balaban J connectivity index is 1.45. The van der Waals surface area contributed by atoms with Crippen molar-refractivity contribution in [1.29, 1.82) is 0 Å². The van der Waals surface area contributed by atoms with Crippen LogP contribution in [0.1, 0.15) is 52.0 Å². The summed E-state index contributed by atoms with van der Waals surface area (Å²) in [5.74, 6) is -2.65. The number of benzene rings is 5. The van der Waals surface area contributed by atoms with Gasteiger partial charge in [0.1, 0.15) is 29.9 Å². The predicted octanol–water partition coefficient (Wildman–Crippen LogP) is 8.52. The number of hydrogen-bond donors (Lipinski definition) is 2. The van der Waals surface area contributed by atoms with Crippen LogP contribution in [0.15, 0.2) is 133 Å². The van der Waals surface area contributed by atoms with E-state index in [-0.39, 0.29) is 6.61 Å². The van der Waals surface area contributed by atoms with Gasteiger partial charge in [0, 0.05) is 36.0 Å². The molecule has 5 aromatic rings. The molecule has 4 nitrogen and oxygen atoms in total. The number of halogens is 4. The SMILES string of the molecule is Fc1cccc(C2NC(c3cccc(F)c3)C3C(=NOCc4ccccc4)C2C(c2cccc(F)c2)NC3c2cccc(F)c2)c1. The molecule has 2 fully saturated rings. The Morgan fingerprint density at radius 3 is 1.20 bits per heavy atom. The van der Waals surface area contributed by atoms with Gasteiger partial charge in [-0.2, -0.15) is 0 Å². The lowest BCUT2D eigenvalue weighted by Gasteiger charge is -2.54. The van der Waals surface area contributed by atoms with Crippen LogP contribution in [-0.2, 0) is 11.4 Å². The highest BCUT2D eigenvalue weighted by Crippen LogP contribution is 2.53. The second kappa shape index (κ2) is 12.9. The van der Waals surface area contributed by atoms with Crippen LogP contribution in [0.3, 0.4) is 0 Å². The fraction of sp³-hybridized carbons (Fsp3) is 0.184. The van der Waals surface area contributed by atoms with E-state index in [0.717, 1.165) is 5.56 Å². The molecule has 4 unspecified atom stereocenters. The van der Waals surface area contributed by atoms with Crippen molar-refractivity contribution in [2.45, 2.75) is 30.8 Å². The third kappa shape index (κ3) is 6.06. The lowest BCUT2D eigenvalue weighted by atomic mass is 9.63. The molecule has 0 spiro atoms. The summed E-state index contributed by atoms with van der Waals surface area (Å²) in [5, 5.41) is 12.2. The fourth-order valence-corrected chi connectivity index (χ4v) is 6.98. The molecule has 0 aliphatic carbocycles.